The minimum absolute atomic E-state index is 0.0628. The van der Waals surface area contributed by atoms with E-state index < -0.39 is 15.8 Å². The van der Waals surface area contributed by atoms with Crippen LogP contribution in [0.2, 0.25) is 0 Å². The van der Waals surface area contributed by atoms with Crippen molar-refractivity contribution in [2.45, 2.75) is 50.0 Å². The van der Waals surface area contributed by atoms with E-state index in [4.69, 9.17) is 0 Å². The average Bonchev–Trinajstić information content (AvgIpc) is 2.47. The topological polar surface area (TPSA) is 37.4 Å². The van der Waals surface area contributed by atoms with Gasteiger partial charge in [0.2, 0.25) is 10.0 Å². The smallest absolute Gasteiger partial charge is 0.207 e. The normalized spacial score (nSPS) is 24.0. The molecule has 0 spiro atoms. The first-order chi connectivity index (χ1) is 9.45. The molecule has 1 fully saturated rings. The summed E-state index contributed by atoms with van der Waals surface area (Å²) < 4.78 is 39.4. The fraction of sp³-hybridized carbons (Fsp3) is 0.600. The number of sulfonamides is 1. The summed E-state index contributed by atoms with van der Waals surface area (Å²) in [6, 6.07) is 5.11. The maximum atomic E-state index is 12.9. The fourth-order valence-corrected chi connectivity index (χ4v) is 4.30. The predicted molar refractivity (Wildman–Crippen MR) is 77.4 cm³/mol. The summed E-state index contributed by atoms with van der Waals surface area (Å²) in [6.07, 6.45) is 5.17. The van der Waals surface area contributed by atoms with Crippen LogP contribution in [-0.2, 0) is 10.0 Å². The molecule has 1 aliphatic rings. The number of hydrogen-bond acceptors (Lipinski definition) is 2. The van der Waals surface area contributed by atoms with Crippen molar-refractivity contribution in [1.29, 1.82) is 0 Å². The minimum Gasteiger partial charge on any atom is -0.207 e. The Kier molecular flexibility index (Phi) is 4.81. The third-order valence-electron chi connectivity index (χ3n) is 4.40. The molecule has 5 heteroatoms. The second kappa shape index (κ2) is 6.22. The molecule has 0 aliphatic heterocycles. The van der Waals surface area contributed by atoms with Crippen molar-refractivity contribution in [1.82, 2.24) is 4.31 Å². The first-order valence-electron chi connectivity index (χ1n) is 7.18. The Labute approximate surface area is 120 Å². The van der Waals surface area contributed by atoms with Crippen LogP contribution in [0.3, 0.4) is 0 Å². The van der Waals surface area contributed by atoms with Gasteiger partial charge in [0.05, 0.1) is 4.90 Å². The van der Waals surface area contributed by atoms with Crippen LogP contribution in [0.4, 0.5) is 4.39 Å². The lowest BCUT2D eigenvalue weighted by atomic mass is 9.85. The van der Waals surface area contributed by atoms with E-state index in [0.717, 1.165) is 31.6 Å². The van der Waals surface area contributed by atoms with Crippen LogP contribution in [0, 0.1) is 11.7 Å². The number of benzene rings is 1. The molecule has 0 N–H and O–H groups in total. The summed E-state index contributed by atoms with van der Waals surface area (Å²) >= 11 is 0. The van der Waals surface area contributed by atoms with Gasteiger partial charge in [-0.1, -0.05) is 13.3 Å². The second-order valence-corrected chi connectivity index (χ2v) is 7.56. The van der Waals surface area contributed by atoms with Gasteiger partial charge >= 0.3 is 0 Å². The van der Waals surface area contributed by atoms with Crippen molar-refractivity contribution < 1.29 is 12.8 Å². The standard InChI is InChI=1S/C15H22FNO2S/c1-3-12-4-8-14(9-5-12)17(2)20(18,19)15-10-6-13(16)7-11-15/h6-7,10-12,14H,3-5,8-9H2,1-2H3. The summed E-state index contributed by atoms with van der Waals surface area (Å²) in [5.41, 5.74) is 0. The lowest BCUT2D eigenvalue weighted by Crippen LogP contribution is -2.39. The zero-order chi connectivity index (χ0) is 14.8. The Balaban J connectivity index is 2.11. The Morgan fingerprint density at radius 3 is 2.20 bits per heavy atom. The molecule has 2 rings (SSSR count). The largest absolute Gasteiger partial charge is 0.243 e. The van der Waals surface area contributed by atoms with Crippen LogP contribution in [0.1, 0.15) is 39.0 Å². The van der Waals surface area contributed by atoms with E-state index in [-0.39, 0.29) is 10.9 Å². The molecule has 1 aliphatic carbocycles. The SMILES string of the molecule is CCC1CCC(N(C)S(=O)(=O)c2ccc(F)cc2)CC1. The number of rotatable bonds is 4. The number of halogens is 1. The molecule has 3 nitrogen and oxygen atoms in total. The van der Waals surface area contributed by atoms with E-state index in [0.29, 0.717) is 0 Å². The van der Waals surface area contributed by atoms with Gasteiger partial charge < -0.3 is 0 Å². The van der Waals surface area contributed by atoms with Crippen molar-refractivity contribution in [3.8, 4) is 0 Å². The van der Waals surface area contributed by atoms with Gasteiger partial charge in [-0.15, -0.1) is 0 Å². The van der Waals surface area contributed by atoms with Gasteiger partial charge in [-0.3, -0.25) is 0 Å². The van der Waals surface area contributed by atoms with Crippen LogP contribution in [-0.4, -0.2) is 25.8 Å². The van der Waals surface area contributed by atoms with E-state index in [9.17, 15) is 12.8 Å². The third kappa shape index (κ3) is 3.20. The fourth-order valence-electron chi connectivity index (χ4n) is 2.89. The lowest BCUT2D eigenvalue weighted by molar-refractivity contribution is 0.233. The van der Waals surface area contributed by atoms with E-state index in [1.165, 1.54) is 35.0 Å². The van der Waals surface area contributed by atoms with Crippen molar-refractivity contribution >= 4 is 10.0 Å². The highest BCUT2D eigenvalue weighted by Gasteiger charge is 2.30. The Morgan fingerprint density at radius 1 is 1.15 bits per heavy atom. The first-order valence-corrected chi connectivity index (χ1v) is 8.62. The van der Waals surface area contributed by atoms with Crippen LogP contribution in [0.15, 0.2) is 29.2 Å². The Hall–Kier alpha value is -0.940. The highest BCUT2D eigenvalue weighted by atomic mass is 32.2. The molecule has 0 aromatic heterocycles. The van der Waals surface area contributed by atoms with Crippen molar-refractivity contribution in [2.24, 2.45) is 5.92 Å². The highest BCUT2D eigenvalue weighted by molar-refractivity contribution is 7.89. The quantitative estimate of drug-likeness (QED) is 0.854. The summed E-state index contributed by atoms with van der Waals surface area (Å²) in [5.74, 6) is 0.309. The van der Waals surface area contributed by atoms with Gasteiger partial charge in [-0.05, 0) is 55.9 Å². The van der Waals surface area contributed by atoms with Crippen molar-refractivity contribution in [3.63, 3.8) is 0 Å². The third-order valence-corrected chi connectivity index (χ3v) is 6.32. The molecule has 0 saturated heterocycles. The highest BCUT2D eigenvalue weighted by Crippen LogP contribution is 2.31. The average molecular weight is 299 g/mol. The molecule has 0 amide bonds. The Morgan fingerprint density at radius 2 is 1.70 bits per heavy atom. The van der Waals surface area contributed by atoms with E-state index in [2.05, 4.69) is 6.92 Å². The first kappa shape index (κ1) is 15.4. The number of nitrogens with zero attached hydrogens (tertiary/aromatic N) is 1. The molecular formula is C15H22FNO2S. The van der Waals surface area contributed by atoms with Crippen molar-refractivity contribution in [3.05, 3.63) is 30.1 Å². The van der Waals surface area contributed by atoms with Gasteiger partial charge in [0.15, 0.2) is 0 Å². The molecule has 0 bridgehead atoms. The zero-order valence-electron chi connectivity index (χ0n) is 12.0. The summed E-state index contributed by atoms with van der Waals surface area (Å²) in [6.45, 7) is 2.18. The summed E-state index contributed by atoms with van der Waals surface area (Å²) in [5, 5.41) is 0. The lowest BCUT2D eigenvalue weighted by Gasteiger charge is -2.33. The predicted octanol–water partition coefficient (Wildman–Crippen LogP) is 3.42. The molecule has 0 radical (unpaired) electrons. The van der Waals surface area contributed by atoms with Gasteiger partial charge in [0.25, 0.3) is 0 Å². The molecule has 1 aromatic carbocycles. The molecule has 20 heavy (non-hydrogen) atoms. The van der Waals surface area contributed by atoms with Crippen LogP contribution < -0.4 is 0 Å². The van der Waals surface area contributed by atoms with E-state index in [1.807, 2.05) is 0 Å². The Bertz CT molecular complexity index is 533. The van der Waals surface area contributed by atoms with E-state index in [1.54, 1.807) is 7.05 Å². The van der Waals surface area contributed by atoms with E-state index >= 15 is 0 Å². The van der Waals surface area contributed by atoms with Crippen LogP contribution >= 0.6 is 0 Å². The minimum atomic E-state index is -3.51. The number of hydrogen-bond donors (Lipinski definition) is 0. The van der Waals surface area contributed by atoms with Gasteiger partial charge in [-0.25, -0.2) is 12.8 Å². The molecule has 1 saturated carbocycles. The van der Waals surface area contributed by atoms with Gasteiger partial charge in [0, 0.05) is 13.1 Å². The zero-order valence-corrected chi connectivity index (χ0v) is 12.9. The maximum absolute atomic E-state index is 12.9. The summed E-state index contributed by atoms with van der Waals surface area (Å²) in [7, 11) is -1.88. The maximum Gasteiger partial charge on any atom is 0.243 e. The molecule has 112 valence electrons. The van der Waals surface area contributed by atoms with Crippen LogP contribution in [0.25, 0.3) is 0 Å². The molecule has 0 heterocycles. The molecule has 1 aromatic rings. The molecule has 0 unspecified atom stereocenters. The second-order valence-electron chi connectivity index (χ2n) is 5.56. The van der Waals surface area contributed by atoms with Gasteiger partial charge in [0.1, 0.15) is 5.82 Å². The van der Waals surface area contributed by atoms with Gasteiger partial charge in [-0.2, -0.15) is 4.31 Å². The molecule has 0 atom stereocenters. The summed E-state index contributed by atoms with van der Waals surface area (Å²) in [4.78, 5) is 0.166. The van der Waals surface area contributed by atoms with Crippen LogP contribution in [0.5, 0.6) is 0 Å². The molecular weight excluding hydrogens is 277 g/mol. The monoisotopic (exact) mass is 299 g/mol. The van der Waals surface area contributed by atoms with Crippen molar-refractivity contribution in [2.75, 3.05) is 7.05 Å².